The van der Waals surface area contributed by atoms with Gasteiger partial charge in [-0.2, -0.15) is 0 Å². The Hall–Kier alpha value is -0.730. The van der Waals surface area contributed by atoms with Gasteiger partial charge in [-0.25, -0.2) is 0 Å². The number of rotatable bonds is 4. The molecule has 0 aromatic carbocycles. The fraction of sp³-hybridized carbons (Fsp3) is 0.375. The van der Waals surface area contributed by atoms with Gasteiger partial charge < -0.3 is 4.52 Å². The molecule has 0 N–H and O–H groups in total. The van der Waals surface area contributed by atoms with Gasteiger partial charge in [-0.15, -0.1) is 12.2 Å². The molecule has 0 aliphatic carbocycles. The Kier molecular flexibility index (Phi) is 4.66. The average Bonchev–Trinajstić information content (AvgIpc) is 2.02. The van der Waals surface area contributed by atoms with Crippen LogP contribution in [0.4, 0.5) is 0 Å². The fourth-order valence-corrected chi connectivity index (χ4v) is 1.52. The lowest BCUT2D eigenvalue weighted by atomic mass is 10.8. The zero-order chi connectivity index (χ0) is 8.74. The molecule has 0 amide bonds. The van der Waals surface area contributed by atoms with Crippen LogP contribution in [0.15, 0.2) is 18.1 Å². The molecule has 2 nitrogen and oxygen atoms in total. The monoisotopic (exact) mass is 170 g/mol. The highest BCUT2D eigenvalue weighted by Gasteiger charge is 2.14. The zero-order valence-corrected chi connectivity index (χ0v) is 7.43. The lowest BCUT2D eigenvalue weighted by Crippen LogP contribution is -1.89. The van der Waals surface area contributed by atoms with Crippen molar-refractivity contribution in [3.8, 4) is 12.3 Å². The Morgan fingerprint density at radius 3 is 2.82 bits per heavy atom. The second-order valence-corrected chi connectivity index (χ2v) is 4.45. The van der Waals surface area contributed by atoms with E-state index in [1.54, 1.807) is 6.92 Å². The SMILES string of the molecule is C#CCOP(=O)(C=C=C)CC. The van der Waals surface area contributed by atoms with Gasteiger partial charge in [0.25, 0.3) is 0 Å². The number of hydrogen-bond acceptors (Lipinski definition) is 2. The largest absolute Gasteiger partial charge is 0.312 e. The van der Waals surface area contributed by atoms with Crippen molar-refractivity contribution in [3.05, 3.63) is 18.1 Å². The molecule has 0 fully saturated rings. The lowest BCUT2D eigenvalue weighted by molar-refractivity contribution is 0.367. The molecule has 0 aromatic heterocycles. The minimum atomic E-state index is -2.66. The highest BCUT2D eigenvalue weighted by Crippen LogP contribution is 2.47. The van der Waals surface area contributed by atoms with E-state index in [2.05, 4.69) is 18.2 Å². The van der Waals surface area contributed by atoms with Gasteiger partial charge in [-0.05, 0) is 0 Å². The second-order valence-electron chi connectivity index (χ2n) is 1.85. The molecule has 0 radical (unpaired) electrons. The minimum absolute atomic E-state index is 0.0727. The standard InChI is InChI=1S/C8H11O2P/c1-4-7-10-11(9,6-3)8-5-2/h1,8H,2,6-7H2,3H3. The first kappa shape index (κ1) is 10.3. The maximum atomic E-state index is 11.5. The highest BCUT2D eigenvalue weighted by molar-refractivity contribution is 7.62. The van der Waals surface area contributed by atoms with Crippen LogP contribution in [0.1, 0.15) is 6.92 Å². The molecule has 0 rings (SSSR count). The van der Waals surface area contributed by atoms with Crippen molar-refractivity contribution in [2.24, 2.45) is 0 Å². The Balaban J connectivity index is 4.25. The fourth-order valence-electron chi connectivity index (χ4n) is 0.505. The summed E-state index contributed by atoms with van der Waals surface area (Å²) in [5.74, 6) is 3.61. The Morgan fingerprint density at radius 2 is 2.45 bits per heavy atom. The van der Waals surface area contributed by atoms with E-state index in [4.69, 9.17) is 10.9 Å². The first-order valence-corrected chi connectivity index (χ1v) is 5.10. The maximum absolute atomic E-state index is 11.5. The summed E-state index contributed by atoms with van der Waals surface area (Å²) in [6.45, 7) is 5.16. The Labute approximate surface area is 67.4 Å². The molecule has 0 heterocycles. The van der Waals surface area contributed by atoms with Crippen molar-refractivity contribution >= 4 is 7.37 Å². The molecule has 0 spiro atoms. The number of hydrogen-bond donors (Lipinski definition) is 0. The normalized spacial score (nSPS) is 14.2. The summed E-state index contributed by atoms with van der Waals surface area (Å²) in [7, 11) is -2.66. The molecule has 0 bridgehead atoms. The third kappa shape index (κ3) is 3.86. The van der Waals surface area contributed by atoms with Crippen LogP contribution in [0, 0.1) is 12.3 Å². The molecule has 0 saturated carbocycles. The zero-order valence-electron chi connectivity index (χ0n) is 6.54. The molecule has 11 heavy (non-hydrogen) atoms. The highest BCUT2D eigenvalue weighted by atomic mass is 31.2. The van der Waals surface area contributed by atoms with Gasteiger partial charge in [0.15, 0.2) is 0 Å². The van der Waals surface area contributed by atoms with Crippen molar-refractivity contribution in [2.45, 2.75) is 6.92 Å². The van der Waals surface area contributed by atoms with E-state index in [-0.39, 0.29) is 6.61 Å². The third-order valence-electron chi connectivity index (χ3n) is 1.10. The predicted molar refractivity (Wildman–Crippen MR) is 46.6 cm³/mol. The smallest absolute Gasteiger partial charge is 0.233 e. The van der Waals surface area contributed by atoms with E-state index in [0.717, 1.165) is 0 Å². The molecule has 0 aromatic rings. The third-order valence-corrected chi connectivity index (χ3v) is 3.12. The summed E-state index contributed by atoms with van der Waals surface area (Å²) < 4.78 is 16.4. The van der Waals surface area contributed by atoms with Gasteiger partial charge in [0.2, 0.25) is 7.37 Å². The van der Waals surface area contributed by atoms with Crippen molar-refractivity contribution in [3.63, 3.8) is 0 Å². The summed E-state index contributed by atoms with van der Waals surface area (Å²) in [6, 6.07) is 0. The molecule has 1 unspecified atom stereocenters. The van der Waals surface area contributed by atoms with Gasteiger partial charge >= 0.3 is 0 Å². The molecule has 0 aliphatic rings. The molecule has 1 atom stereocenters. The van der Waals surface area contributed by atoms with Gasteiger partial charge in [-0.1, -0.05) is 19.4 Å². The Morgan fingerprint density at radius 1 is 1.82 bits per heavy atom. The molecule has 0 aliphatic heterocycles. The van der Waals surface area contributed by atoms with Crippen molar-refractivity contribution in [2.75, 3.05) is 12.8 Å². The van der Waals surface area contributed by atoms with Crippen LogP contribution in [0.5, 0.6) is 0 Å². The first-order chi connectivity index (χ1) is 5.18. The lowest BCUT2D eigenvalue weighted by Gasteiger charge is -2.08. The van der Waals surface area contributed by atoms with Crippen molar-refractivity contribution in [1.29, 1.82) is 0 Å². The van der Waals surface area contributed by atoms with Gasteiger partial charge in [0, 0.05) is 12.0 Å². The summed E-state index contributed by atoms with van der Waals surface area (Å²) in [4.78, 5) is 0. The van der Waals surface area contributed by atoms with E-state index in [0.29, 0.717) is 6.16 Å². The summed E-state index contributed by atoms with van der Waals surface area (Å²) in [5.41, 5.74) is 2.44. The summed E-state index contributed by atoms with van der Waals surface area (Å²) in [5, 5.41) is 0. The molecular weight excluding hydrogens is 159 g/mol. The van der Waals surface area contributed by atoms with E-state index in [1.165, 1.54) is 5.82 Å². The van der Waals surface area contributed by atoms with Crippen LogP contribution in [0.2, 0.25) is 0 Å². The quantitative estimate of drug-likeness (QED) is 0.367. The molecule has 3 heteroatoms. The van der Waals surface area contributed by atoms with Crippen LogP contribution >= 0.6 is 7.37 Å². The molecular formula is C8H11O2P. The second kappa shape index (κ2) is 4.99. The van der Waals surface area contributed by atoms with Crippen molar-refractivity contribution < 1.29 is 9.09 Å². The predicted octanol–water partition coefficient (Wildman–Crippen LogP) is 2.23. The molecule has 60 valence electrons. The van der Waals surface area contributed by atoms with Crippen LogP contribution in [-0.4, -0.2) is 12.8 Å². The van der Waals surface area contributed by atoms with Gasteiger partial charge in [-0.3, -0.25) is 4.57 Å². The first-order valence-electron chi connectivity index (χ1n) is 3.22. The van der Waals surface area contributed by atoms with Crippen LogP contribution < -0.4 is 0 Å². The van der Waals surface area contributed by atoms with Crippen molar-refractivity contribution in [1.82, 2.24) is 0 Å². The molecule has 0 saturated heterocycles. The van der Waals surface area contributed by atoms with Gasteiger partial charge in [0.05, 0.1) is 0 Å². The Bertz CT molecular complexity index is 243. The minimum Gasteiger partial charge on any atom is -0.312 e. The van der Waals surface area contributed by atoms with E-state index in [9.17, 15) is 4.57 Å². The van der Waals surface area contributed by atoms with Crippen LogP contribution in [0.25, 0.3) is 0 Å². The maximum Gasteiger partial charge on any atom is 0.233 e. The summed E-state index contributed by atoms with van der Waals surface area (Å²) >= 11 is 0. The van der Waals surface area contributed by atoms with Crippen LogP contribution in [-0.2, 0) is 9.09 Å². The summed E-state index contributed by atoms with van der Waals surface area (Å²) in [6.07, 6.45) is 5.37. The van der Waals surface area contributed by atoms with Crippen LogP contribution in [0.3, 0.4) is 0 Å². The van der Waals surface area contributed by atoms with Gasteiger partial charge in [0.1, 0.15) is 6.61 Å². The average molecular weight is 170 g/mol. The topological polar surface area (TPSA) is 26.3 Å². The van der Waals surface area contributed by atoms with E-state index < -0.39 is 7.37 Å². The van der Waals surface area contributed by atoms with E-state index >= 15 is 0 Å². The van der Waals surface area contributed by atoms with E-state index in [1.807, 2.05) is 0 Å². The number of terminal acetylenes is 1.